The van der Waals surface area contributed by atoms with E-state index in [-0.39, 0.29) is 38.4 Å². The van der Waals surface area contributed by atoms with Crippen molar-refractivity contribution in [3.05, 3.63) is 105 Å². The molecule has 0 radical (unpaired) electrons. The predicted octanol–water partition coefficient (Wildman–Crippen LogP) is 7.07. The zero-order chi connectivity index (χ0) is 28.0. The van der Waals surface area contributed by atoms with Crippen molar-refractivity contribution in [1.29, 1.82) is 0 Å². The molecule has 1 unspecified atom stereocenters. The van der Waals surface area contributed by atoms with Crippen molar-refractivity contribution in [3.63, 3.8) is 0 Å². The second-order valence-corrected chi connectivity index (χ2v) is 9.41. The standard InChI is InChI=1S/C29H19Cl2F2NO5/c1-38-27-18(13-19(30)28(39-2)23(27)31)25(35)22-24(17-9-5-7-14-6-3-4-8-16(14)17)34(29(37)26(22)36)15-10-11-20(32)21(33)12-15/h3-13,24,35H,1-2H3/b25-22+. The Balaban J connectivity index is 1.85. The van der Waals surface area contributed by atoms with Crippen LogP contribution >= 0.6 is 23.2 Å². The van der Waals surface area contributed by atoms with E-state index < -0.39 is 35.1 Å². The first-order valence-corrected chi connectivity index (χ1v) is 12.3. The molecule has 5 rings (SSSR count). The molecule has 4 aromatic carbocycles. The molecular weight excluding hydrogens is 551 g/mol. The Hall–Kier alpha value is -4.14. The number of carbonyl (C=O) groups is 2. The Bertz CT molecular complexity index is 1700. The van der Waals surface area contributed by atoms with Crippen molar-refractivity contribution in [2.45, 2.75) is 6.04 Å². The van der Waals surface area contributed by atoms with E-state index in [1.165, 1.54) is 26.4 Å². The summed E-state index contributed by atoms with van der Waals surface area (Å²) in [7, 11) is 2.65. The maximum absolute atomic E-state index is 14.3. The fraction of sp³-hybridized carbons (Fsp3) is 0.103. The van der Waals surface area contributed by atoms with Crippen LogP contribution in [-0.2, 0) is 9.59 Å². The molecule has 0 aliphatic carbocycles. The molecule has 0 spiro atoms. The number of ether oxygens (including phenoxy) is 2. The van der Waals surface area contributed by atoms with Gasteiger partial charge in [-0.2, -0.15) is 0 Å². The third kappa shape index (κ3) is 4.26. The van der Waals surface area contributed by atoms with Gasteiger partial charge in [0.15, 0.2) is 23.1 Å². The quantitative estimate of drug-likeness (QED) is 0.158. The number of anilines is 1. The Kier molecular flexibility index (Phi) is 6.92. The molecule has 1 saturated heterocycles. The van der Waals surface area contributed by atoms with Gasteiger partial charge in [-0.3, -0.25) is 14.5 Å². The number of amides is 1. The fourth-order valence-corrected chi connectivity index (χ4v) is 5.50. The molecule has 1 atom stereocenters. The summed E-state index contributed by atoms with van der Waals surface area (Å²) in [4.78, 5) is 28.1. The van der Waals surface area contributed by atoms with Crippen LogP contribution in [0.1, 0.15) is 17.2 Å². The van der Waals surface area contributed by atoms with Crippen LogP contribution in [0.15, 0.2) is 72.3 Å². The number of aliphatic hydroxyl groups excluding tert-OH is 1. The first-order chi connectivity index (χ1) is 18.7. The Morgan fingerprint density at radius 1 is 0.897 bits per heavy atom. The zero-order valence-corrected chi connectivity index (χ0v) is 22.0. The van der Waals surface area contributed by atoms with Gasteiger partial charge in [-0.1, -0.05) is 65.7 Å². The number of hydrogen-bond acceptors (Lipinski definition) is 5. The summed E-state index contributed by atoms with van der Waals surface area (Å²) in [6.45, 7) is 0. The summed E-state index contributed by atoms with van der Waals surface area (Å²) in [5.41, 5.74) is -0.00693. The van der Waals surface area contributed by atoms with Crippen LogP contribution in [0.3, 0.4) is 0 Å². The van der Waals surface area contributed by atoms with E-state index in [1.807, 2.05) is 18.2 Å². The largest absolute Gasteiger partial charge is 0.507 e. The SMILES string of the molecule is COc1c(Cl)cc(/C(O)=C2\C(=O)C(=O)N(c3ccc(F)c(F)c3)C2c2cccc3ccccc23)c(OC)c1Cl. The van der Waals surface area contributed by atoms with Crippen molar-refractivity contribution in [3.8, 4) is 11.5 Å². The average Bonchev–Trinajstić information content (AvgIpc) is 3.19. The lowest BCUT2D eigenvalue weighted by Crippen LogP contribution is -2.29. The van der Waals surface area contributed by atoms with Crippen molar-refractivity contribution < 1.29 is 33.0 Å². The lowest BCUT2D eigenvalue weighted by Gasteiger charge is -2.27. The number of fused-ring (bicyclic) bond motifs is 1. The number of Topliss-reactive ketones (excluding diaryl/α,β-unsaturated/α-hetero) is 1. The molecule has 1 N–H and O–H groups in total. The number of rotatable bonds is 5. The summed E-state index contributed by atoms with van der Waals surface area (Å²) in [5.74, 6) is -5.03. The highest BCUT2D eigenvalue weighted by Crippen LogP contribution is 2.48. The van der Waals surface area contributed by atoms with Gasteiger partial charge in [-0.15, -0.1) is 0 Å². The van der Waals surface area contributed by atoms with E-state index in [4.69, 9.17) is 32.7 Å². The first-order valence-electron chi connectivity index (χ1n) is 11.5. The smallest absolute Gasteiger partial charge is 0.300 e. The Morgan fingerprint density at radius 2 is 1.59 bits per heavy atom. The van der Waals surface area contributed by atoms with Crippen LogP contribution in [-0.4, -0.2) is 31.0 Å². The van der Waals surface area contributed by atoms with Gasteiger partial charge >= 0.3 is 0 Å². The van der Waals surface area contributed by atoms with Gasteiger partial charge in [0.25, 0.3) is 11.7 Å². The molecule has 0 saturated carbocycles. The third-order valence-corrected chi connectivity index (χ3v) is 7.16. The highest BCUT2D eigenvalue weighted by atomic mass is 35.5. The van der Waals surface area contributed by atoms with Crippen LogP contribution in [0.4, 0.5) is 14.5 Å². The summed E-state index contributed by atoms with van der Waals surface area (Å²) in [6.07, 6.45) is 0. The Morgan fingerprint density at radius 3 is 2.28 bits per heavy atom. The molecule has 6 nitrogen and oxygen atoms in total. The van der Waals surface area contributed by atoms with Gasteiger partial charge < -0.3 is 14.6 Å². The van der Waals surface area contributed by atoms with E-state index in [2.05, 4.69) is 0 Å². The second-order valence-electron chi connectivity index (χ2n) is 8.62. The third-order valence-electron chi connectivity index (χ3n) is 6.54. The van der Waals surface area contributed by atoms with Crippen LogP contribution in [0, 0.1) is 11.6 Å². The number of carbonyl (C=O) groups excluding carboxylic acids is 2. The predicted molar refractivity (Wildman–Crippen MR) is 145 cm³/mol. The van der Waals surface area contributed by atoms with Crippen molar-refractivity contribution in [2.24, 2.45) is 0 Å². The normalized spacial score (nSPS) is 16.7. The molecule has 1 aliphatic rings. The van der Waals surface area contributed by atoms with E-state index in [9.17, 15) is 23.5 Å². The number of halogens is 4. The average molecular weight is 570 g/mol. The fourth-order valence-electron chi connectivity index (χ4n) is 4.81. The van der Waals surface area contributed by atoms with Gasteiger partial charge in [-0.05, 0) is 34.5 Å². The molecule has 0 bridgehead atoms. The molecule has 1 amide bonds. The van der Waals surface area contributed by atoms with Crippen molar-refractivity contribution >= 4 is 57.1 Å². The molecule has 0 aromatic heterocycles. The zero-order valence-electron chi connectivity index (χ0n) is 20.5. The van der Waals surface area contributed by atoms with Crippen LogP contribution in [0.2, 0.25) is 10.0 Å². The number of nitrogens with zero attached hydrogens (tertiary/aromatic N) is 1. The minimum atomic E-state index is -1.23. The number of ketones is 1. The van der Waals surface area contributed by atoms with Crippen molar-refractivity contribution in [2.75, 3.05) is 19.1 Å². The summed E-state index contributed by atoms with van der Waals surface area (Å²) in [5, 5.41) is 13.0. The van der Waals surface area contributed by atoms with Crippen molar-refractivity contribution in [1.82, 2.24) is 0 Å². The minimum Gasteiger partial charge on any atom is -0.507 e. The molecule has 10 heteroatoms. The van der Waals surface area contributed by atoms with E-state index in [0.29, 0.717) is 10.9 Å². The van der Waals surface area contributed by atoms with Gasteiger partial charge in [0.05, 0.1) is 36.4 Å². The number of methoxy groups -OCH3 is 2. The second kappa shape index (κ2) is 10.2. The van der Waals surface area contributed by atoms with Gasteiger partial charge in [0.1, 0.15) is 10.8 Å². The highest BCUT2D eigenvalue weighted by molar-refractivity contribution is 6.52. The molecule has 1 aliphatic heterocycles. The maximum Gasteiger partial charge on any atom is 0.300 e. The number of aliphatic hydroxyl groups is 1. The monoisotopic (exact) mass is 569 g/mol. The molecule has 1 heterocycles. The lowest BCUT2D eigenvalue weighted by molar-refractivity contribution is -0.132. The first kappa shape index (κ1) is 26.5. The van der Waals surface area contributed by atoms with Gasteiger partial charge in [0.2, 0.25) is 0 Å². The minimum absolute atomic E-state index is 0.0152. The Labute approximate surface area is 231 Å². The highest BCUT2D eigenvalue weighted by Gasteiger charge is 2.48. The molecule has 1 fully saturated rings. The summed E-state index contributed by atoms with van der Waals surface area (Å²) >= 11 is 12.7. The maximum atomic E-state index is 14.3. The number of hydrogen-bond donors (Lipinski definition) is 1. The number of benzene rings is 4. The van der Waals surface area contributed by atoms with E-state index >= 15 is 0 Å². The van der Waals surface area contributed by atoms with Crippen LogP contribution in [0.25, 0.3) is 16.5 Å². The molecule has 4 aromatic rings. The molecule has 198 valence electrons. The molecule has 39 heavy (non-hydrogen) atoms. The summed E-state index contributed by atoms with van der Waals surface area (Å²) < 4.78 is 38.7. The van der Waals surface area contributed by atoms with E-state index in [1.54, 1.807) is 24.3 Å². The lowest BCUT2D eigenvalue weighted by atomic mass is 9.91. The van der Waals surface area contributed by atoms with Crippen LogP contribution in [0.5, 0.6) is 11.5 Å². The topological polar surface area (TPSA) is 76.1 Å². The summed E-state index contributed by atoms with van der Waals surface area (Å²) in [6, 6.07) is 15.4. The van der Waals surface area contributed by atoms with E-state index in [0.717, 1.165) is 22.4 Å². The van der Waals surface area contributed by atoms with Gasteiger partial charge in [0, 0.05) is 11.8 Å². The van der Waals surface area contributed by atoms with Crippen LogP contribution < -0.4 is 14.4 Å². The van der Waals surface area contributed by atoms with Gasteiger partial charge in [-0.25, -0.2) is 8.78 Å². The molecular formula is C29H19Cl2F2NO5.